The Morgan fingerprint density at radius 3 is 3.00 bits per heavy atom. The van der Waals surface area contributed by atoms with Gasteiger partial charge in [0.25, 0.3) is 5.91 Å². The lowest BCUT2D eigenvalue weighted by atomic mass is 10.4. The zero-order valence-electron chi connectivity index (χ0n) is 9.69. The summed E-state index contributed by atoms with van der Waals surface area (Å²) < 4.78 is 4.79. The Morgan fingerprint density at radius 2 is 2.35 bits per heavy atom. The van der Waals surface area contributed by atoms with Gasteiger partial charge in [0.15, 0.2) is 0 Å². The molecule has 94 valence electrons. The fourth-order valence-electron chi connectivity index (χ4n) is 1.02. The molecule has 0 aliphatic carbocycles. The Labute approximate surface area is 108 Å². The molecule has 0 unspecified atom stereocenters. The maximum atomic E-state index is 11.6. The molecule has 7 heteroatoms. The lowest BCUT2D eigenvalue weighted by molar-refractivity contribution is 0.0526. The highest BCUT2D eigenvalue weighted by molar-refractivity contribution is 7.98. The molecule has 0 aliphatic rings. The molecule has 0 atom stereocenters. The molecule has 1 N–H and O–H groups in total. The van der Waals surface area contributed by atoms with Crippen molar-refractivity contribution < 1.29 is 14.3 Å². The minimum atomic E-state index is -0.485. The standard InChI is InChI=1S/C10H14N2O3S2/c1-3-15-10(14)9-12-7(6-17-9)8(13)11-4-5-16-2/h6H,3-5H2,1-2H3,(H,11,13). The van der Waals surface area contributed by atoms with Crippen LogP contribution in [0, 0.1) is 0 Å². The molecule has 1 aromatic rings. The fraction of sp³-hybridized carbons (Fsp3) is 0.500. The largest absolute Gasteiger partial charge is 0.461 e. The molecule has 0 saturated carbocycles. The molecule has 17 heavy (non-hydrogen) atoms. The van der Waals surface area contributed by atoms with Crippen molar-refractivity contribution in [2.45, 2.75) is 6.92 Å². The van der Waals surface area contributed by atoms with E-state index in [2.05, 4.69) is 10.3 Å². The van der Waals surface area contributed by atoms with Crippen LogP contribution in [0.3, 0.4) is 0 Å². The van der Waals surface area contributed by atoms with Gasteiger partial charge in [-0.15, -0.1) is 11.3 Å². The van der Waals surface area contributed by atoms with Gasteiger partial charge in [0.1, 0.15) is 5.69 Å². The second kappa shape index (κ2) is 7.29. The van der Waals surface area contributed by atoms with Gasteiger partial charge < -0.3 is 10.1 Å². The van der Waals surface area contributed by atoms with Crippen LogP contribution in [0.4, 0.5) is 0 Å². The number of rotatable bonds is 6. The van der Waals surface area contributed by atoms with Crippen molar-refractivity contribution in [3.63, 3.8) is 0 Å². The van der Waals surface area contributed by atoms with Gasteiger partial charge in [0, 0.05) is 17.7 Å². The molecule has 1 aromatic heterocycles. The summed E-state index contributed by atoms with van der Waals surface area (Å²) in [5.74, 6) is 0.104. The topological polar surface area (TPSA) is 68.3 Å². The van der Waals surface area contributed by atoms with Gasteiger partial charge >= 0.3 is 5.97 Å². The van der Waals surface area contributed by atoms with Crippen LogP contribution in [-0.2, 0) is 4.74 Å². The number of aromatic nitrogens is 1. The Hall–Kier alpha value is -1.08. The van der Waals surface area contributed by atoms with Gasteiger partial charge in [0.05, 0.1) is 6.61 Å². The van der Waals surface area contributed by atoms with Crippen molar-refractivity contribution in [3.05, 3.63) is 16.1 Å². The first-order chi connectivity index (χ1) is 8.19. The number of esters is 1. The third-order valence-electron chi connectivity index (χ3n) is 1.78. The van der Waals surface area contributed by atoms with E-state index in [-0.39, 0.29) is 16.6 Å². The smallest absolute Gasteiger partial charge is 0.367 e. The summed E-state index contributed by atoms with van der Waals surface area (Å²) in [6, 6.07) is 0. The van der Waals surface area contributed by atoms with Crippen molar-refractivity contribution in [3.8, 4) is 0 Å². The van der Waals surface area contributed by atoms with Crippen molar-refractivity contribution in [2.75, 3.05) is 25.2 Å². The van der Waals surface area contributed by atoms with Crippen molar-refractivity contribution >= 4 is 35.0 Å². The third kappa shape index (κ3) is 4.35. The molecule has 0 spiro atoms. The number of ether oxygens (including phenoxy) is 1. The number of nitrogens with zero attached hydrogens (tertiary/aromatic N) is 1. The zero-order valence-corrected chi connectivity index (χ0v) is 11.3. The number of hydrogen-bond acceptors (Lipinski definition) is 6. The van der Waals surface area contributed by atoms with E-state index in [0.29, 0.717) is 13.2 Å². The number of nitrogens with one attached hydrogen (secondary N) is 1. The molecule has 1 rings (SSSR count). The van der Waals surface area contributed by atoms with Crippen LogP contribution in [0.2, 0.25) is 0 Å². The quantitative estimate of drug-likeness (QED) is 0.627. The summed E-state index contributed by atoms with van der Waals surface area (Å²) in [7, 11) is 0. The molecule has 0 fully saturated rings. The first-order valence-corrected chi connectivity index (χ1v) is 7.36. The predicted molar refractivity (Wildman–Crippen MR) is 68.8 cm³/mol. The maximum absolute atomic E-state index is 11.6. The highest BCUT2D eigenvalue weighted by atomic mass is 32.2. The SMILES string of the molecule is CCOC(=O)c1nc(C(=O)NCCSC)cs1. The summed E-state index contributed by atoms with van der Waals surface area (Å²) in [6.07, 6.45) is 1.97. The van der Waals surface area contributed by atoms with E-state index in [4.69, 9.17) is 4.74 Å². The van der Waals surface area contributed by atoms with Crippen LogP contribution in [0.1, 0.15) is 27.2 Å². The van der Waals surface area contributed by atoms with Crippen LogP contribution in [0.5, 0.6) is 0 Å². The van der Waals surface area contributed by atoms with Crippen LogP contribution in [0.15, 0.2) is 5.38 Å². The van der Waals surface area contributed by atoms with E-state index in [1.54, 1.807) is 24.1 Å². The summed E-state index contributed by atoms with van der Waals surface area (Å²) in [5.41, 5.74) is 0.263. The Balaban J connectivity index is 2.55. The zero-order chi connectivity index (χ0) is 12.7. The van der Waals surface area contributed by atoms with E-state index in [1.165, 1.54) is 0 Å². The lowest BCUT2D eigenvalue weighted by Crippen LogP contribution is -2.26. The van der Waals surface area contributed by atoms with Crippen LogP contribution in [-0.4, -0.2) is 42.0 Å². The minimum Gasteiger partial charge on any atom is -0.461 e. The molecule has 1 amide bonds. The fourth-order valence-corrected chi connectivity index (χ4v) is 2.02. The van der Waals surface area contributed by atoms with E-state index < -0.39 is 5.97 Å². The number of amides is 1. The second-order valence-electron chi connectivity index (χ2n) is 3.01. The highest BCUT2D eigenvalue weighted by Gasteiger charge is 2.15. The average Bonchev–Trinajstić information content (AvgIpc) is 2.79. The van der Waals surface area contributed by atoms with E-state index >= 15 is 0 Å². The molecule has 0 bridgehead atoms. The van der Waals surface area contributed by atoms with Gasteiger partial charge in [-0.25, -0.2) is 9.78 Å². The van der Waals surface area contributed by atoms with Gasteiger partial charge in [-0.1, -0.05) is 0 Å². The van der Waals surface area contributed by atoms with Crippen molar-refractivity contribution in [1.29, 1.82) is 0 Å². The average molecular weight is 274 g/mol. The monoisotopic (exact) mass is 274 g/mol. The van der Waals surface area contributed by atoms with Gasteiger partial charge in [-0.2, -0.15) is 11.8 Å². The molecule has 0 aromatic carbocycles. The van der Waals surface area contributed by atoms with Crippen LogP contribution < -0.4 is 5.32 Å². The third-order valence-corrected chi connectivity index (χ3v) is 3.21. The maximum Gasteiger partial charge on any atom is 0.367 e. The molecule has 5 nitrogen and oxygen atoms in total. The molecule has 0 radical (unpaired) electrons. The number of thioether (sulfide) groups is 1. The van der Waals surface area contributed by atoms with Gasteiger partial charge in [-0.05, 0) is 13.2 Å². The Morgan fingerprint density at radius 1 is 1.59 bits per heavy atom. The molecule has 1 heterocycles. The first-order valence-electron chi connectivity index (χ1n) is 5.08. The second-order valence-corrected chi connectivity index (χ2v) is 4.85. The lowest BCUT2D eigenvalue weighted by Gasteiger charge is -2.00. The summed E-state index contributed by atoms with van der Waals surface area (Å²) in [5, 5.41) is 4.48. The normalized spacial score (nSPS) is 10.0. The Bertz CT molecular complexity index is 393. The molecular formula is C10H14N2O3S2. The minimum absolute atomic E-state index is 0.210. The molecule has 0 saturated heterocycles. The number of carbonyl (C=O) groups is 2. The summed E-state index contributed by atoms with van der Waals surface area (Å²) in [4.78, 5) is 26.8. The van der Waals surface area contributed by atoms with Gasteiger partial charge in [-0.3, -0.25) is 4.79 Å². The highest BCUT2D eigenvalue weighted by Crippen LogP contribution is 2.11. The molecular weight excluding hydrogens is 260 g/mol. The van der Waals surface area contributed by atoms with Crippen LogP contribution in [0.25, 0.3) is 0 Å². The van der Waals surface area contributed by atoms with Crippen molar-refractivity contribution in [1.82, 2.24) is 10.3 Å². The predicted octanol–water partition coefficient (Wildman–Crippen LogP) is 1.41. The summed E-state index contributed by atoms with van der Waals surface area (Å²) in [6.45, 7) is 2.61. The van der Waals surface area contributed by atoms with Crippen LogP contribution >= 0.6 is 23.1 Å². The Kier molecular flexibility index (Phi) is 5.99. The van der Waals surface area contributed by atoms with E-state index in [1.807, 2.05) is 6.26 Å². The van der Waals surface area contributed by atoms with E-state index in [0.717, 1.165) is 17.1 Å². The van der Waals surface area contributed by atoms with Crippen molar-refractivity contribution in [2.24, 2.45) is 0 Å². The molecule has 0 aliphatic heterocycles. The number of thiazole rings is 1. The van der Waals surface area contributed by atoms with E-state index in [9.17, 15) is 9.59 Å². The first kappa shape index (κ1) is 14.0. The summed E-state index contributed by atoms with van der Waals surface area (Å²) >= 11 is 2.76. The number of hydrogen-bond donors (Lipinski definition) is 1. The number of carbonyl (C=O) groups excluding carboxylic acids is 2. The van der Waals surface area contributed by atoms with Gasteiger partial charge in [0.2, 0.25) is 5.01 Å².